The van der Waals surface area contributed by atoms with Crippen LogP contribution in [0, 0.1) is 5.92 Å². The fourth-order valence-corrected chi connectivity index (χ4v) is 1.92. The van der Waals surface area contributed by atoms with E-state index >= 15 is 0 Å². The number of hydrogen-bond donors (Lipinski definition) is 0. The second kappa shape index (κ2) is 7.49. The van der Waals surface area contributed by atoms with E-state index < -0.39 is 0 Å². The first-order chi connectivity index (χ1) is 8.11. The molecule has 1 heterocycles. The Hall–Kier alpha value is -0.825. The van der Waals surface area contributed by atoms with Crippen LogP contribution in [0.4, 0.5) is 0 Å². The monoisotopic (exact) mass is 231 g/mol. The van der Waals surface area contributed by atoms with E-state index in [0.717, 1.165) is 31.5 Å². The zero-order chi connectivity index (χ0) is 12.7. The molecule has 1 atom stereocenters. The first-order valence-corrected chi connectivity index (χ1v) is 6.59. The first-order valence-electron chi connectivity index (χ1n) is 6.59. The number of rotatable bonds is 3. The maximum atomic E-state index is 4.47. The van der Waals surface area contributed by atoms with Gasteiger partial charge in [0.25, 0.3) is 0 Å². The van der Waals surface area contributed by atoms with Crippen molar-refractivity contribution < 1.29 is 0 Å². The van der Waals surface area contributed by atoms with Crippen molar-refractivity contribution in [2.24, 2.45) is 10.9 Å². The molecule has 1 aliphatic heterocycles. The highest BCUT2D eigenvalue weighted by atomic mass is 15.0. The van der Waals surface area contributed by atoms with Gasteiger partial charge in [0.1, 0.15) is 0 Å². The Labute approximate surface area is 107 Å². The van der Waals surface area contributed by atoms with Gasteiger partial charge in [-0.25, -0.2) is 0 Å². The van der Waals surface area contributed by atoms with Gasteiger partial charge < -0.3 is 4.81 Å². The van der Waals surface area contributed by atoms with Crippen molar-refractivity contribution in [3.63, 3.8) is 0 Å². The molecule has 2 nitrogen and oxygen atoms in total. The van der Waals surface area contributed by atoms with E-state index in [-0.39, 0.29) is 0 Å². The van der Waals surface area contributed by atoms with Gasteiger partial charge in [0.05, 0.1) is 0 Å². The molecule has 0 aromatic rings. The molecule has 0 spiro atoms. The summed E-state index contributed by atoms with van der Waals surface area (Å²) in [5.41, 5.74) is 2.23. The molecule has 3 heteroatoms. The van der Waals surface area contributed by atoms with E-state index in [1.54, 1.807) is 0 Å². The maximum Gasteiger partial charge on any atom is 0.208 e. The van der Waals surface area contributed by atoms with Crippen molar-refractivity contribution in [3.05, 3.63) is 23.9 Å². The maximum absolute atomic E-state index is 4.47. The average Bonchev–Trinajstić information content (AvgIpc) is 2.29. The number of aliphatic imine (C=N–C) groups is 1. The van der Waals surface area contributed by atoms with Gasteiger partial charge in [-0.05, 0) is 32.5 Å². The fourth-order valence-electron chi connectivity index (χ4n) is 1.92. The Balaban J connectivity index is 2.64. The molecule has 93 valence electrons. The number of nitrogens with zero attached hydrogens (tertiary/aromatic N) is 2. The Morgan fingerprint density at radius 3 is 3.06 bits per heavy atom. The van der Waals surface area contributed by atoms with Crippen LogP contribution < -0.4 is 0 Å². The molecular weight excluding hydrogens is 207 g/mol. The molecule has 1 rings (SSSR count). The Bertz CT molecular complexity index is 307. The summed E-state index contributed by atoms with van der Waals surface area (Å²) in [4.78, 5) is 6.88. The van der Waals surface area contributed by atoms with Gasteiger partial charge >= 0.3 is 0 Å². The van der Waals surface area contributed by atoms with Crippen LogP contribution in [0.5, 0.6) is 0 Å². The minimum atomic E-state index is 0.498. The second-order valence-electron chi connectivity index (χ2n) is 4.92. The molecule has 0 saturated carbocycles. The molecule has 0 aliphatic carbocycles. The zero-order valence-corrected chi connectivity index (χ0v) is 11.4. The van der Waals surface area contributed by atoms with Crippen LogP contribution in [0.15, 0.2) is 28.9 Å². The molecule has 1 unspecified atom stereocenters. The number of hydrogen-bond acceptors (Lipinski definition) is 2. The predicted octanol–water partition coefficient (Wildman–Crippen LogP) is 3.31. The SMILES string of the molecule is C=C1/C=C(/C)N=CC(C)CN([B]CCC)CC1. The molecular formula is C14H24BN2. The minimum Gasteiger partial charge on any atom is -0.346 e. The summed E-state index contributed by atoms with van der Waals surface area (Å²) >= 11 is 0. The molecule has 0 N–H and O–H groups in total. The van der Waals surface area contributed by atoms with Crippen molar-refractivity contribution in [3.8, 4) is 0 Å². The highest BCUT2D eigenvalue weighted by Crippen LogP contribution is 2.11. The molecule has 0 aromatic heterocycles. The van der Waals surface area contributed by atoms with Gasteiger partial charge in [0.15, 0.2) is 0 Å². The van der Waals surface area contributed by atoms with Gasteiger partial charge in [0.2, 0.25) is 7.41 Å². The van der Waals surface area contributed by atoms with Crippen LogP contribution in [0.25, 0.3) is 0 Å². The molecule has 17 heavy (non-hydrogen) atoms. The Morgan fingerprint density at radius 2 is 2.35 bits per heavy atom. The molecule has 0 amide bonds. The van der Waals surface area contributed by atoms with Gasteiger partial charge in [0, 0.05) is 17.8 Å². The zero-order valence-electron chi connectivity index (χ0n) is 11.4. The lowest BCUT2D eigenvalue weighted by Crippen LogP contribution is -2.33. The summed E-state index contributed by atoms with van der Waals surface area (Å²) in [5.74, 6) is 0.498. The predicted molar refractivity (Wildman–Crippen MR) is 77.6 cm³/mol. The second-order valence-corrected chi connectivity index (χ2v) is 4.92. The highest BCUT2D eigenvalue weighted by Gasteiger charge is 2.10. The lowest BCUT2D eigenvalue weighted by molar-refractivity contribution is 0.418. The molecule has 0 saturated heterocycles. The Morgan fingerprint density at radius 1 is 1.59 bits per heavy atom. The Kier molecular flexibility index (Phi) is 6.27. The summed E-state index contributed by atoms with van der Waals surface area (Å²) in [6.45, 7) is 12.7. The smallest absolute Gasteiger partial charge is 0.208 e. The molecule has 1 aliphatic rings. The third-order valence-corrected chi connectivity index (χ3v) is 2.86. The summed E-state index contributed by atoms with van der Waals surface area (Å²) < 4.78 is 0. The third-order valence-electron chi connectivity index (χ3n) is 2.86. The molecule has 0 aromatic carbocycles. The topological polar surface area (TPSA) is 15.6 Å². The van der Waals surface area contributed by atoms with Crippen molar-refractivity contribution in [2.75, 3.05) is 13.1 Å². The van der Waals surface area contributed by atoms with Crippen molar-refractivity contribution in [1.29, 1.82) is 0 Å². The van der Waals surface area contributed by atoms with Crippen molar-refractivity contribution in [2.45, 2.75) is 39.9 Å². The summed E-state index contributed by atoms with van der Waals surface area (Å²) in [5, 5.41) is 0. The molecule has 0 bridgehead atoms. The summed E-state index contributed by atoms with van der Waals surface area (Å²) in [6, 6.07) is 0. The van der Waals surface area contributed by atoms with Gasteiger partial charge in [-0.1, -0.05) is 38.7 Å². The van der Waals surface area contributed by atoms with E-state index in [0.29, 0.717) is 5.92 Å². The van der Waals surface area contributed by atoms with Crippen LogP contribution >= 0.6 is 0 Å². The third kappa shape index (κ3) is 5.87. The van der Waals surface area contributed by atoms with E-state index in [4.69, 9.17) is 0 Å². The normalized spacial score (nSPS) is 26.4. The van der Waals surface area contributed by atoms with Crippen LogP contribution in [-0.2, 0) is 0 Å². The van der Waals surface area contributed by atoms with E-state index in [1.807, 2.05) is 6.92 Å². The van der Waals surface area contributed by atoms with Crippen LogP contribution in [0.2, 0.25) is 6.32 Å². The molecule has 0 fully saturated rings. The first kappa shape index (κ1) is 14.2. The van der Waals surface area contributed by atoms with Crippen molar-refractivity contribution in [1.82, 2.24) is 4.81 Å². The average molecular weight is 231 g/mol. The largest absolute Gasteiger partial charge is 0.346 e. The van der Waals surface area contributed by atoms with Gasteiger partial charge in [-0.15, -0.1) is 0 Å². The van der Waals surface area contributed by atoms with Gasteiger partial charge in [-0.3, -0.25) is 4.99 Å². The van der Waals surface area contributed by atoms with Gasteiger partial charge in [-0.2, -0.15) is 0 Å². The minimum absolute atomic E-state index is 0.498. The quantitative estimate of drug-likeness (QED) is 0.680. The summed E-state index contributed by atoms with van der Waals surface area (Å²) in [7, 11) is 2.33. The fraction of sp³-hybridized carbons (Fsp3) is 0.643. The standard InChI is InChI=1S/C14H24BN2/c1-5-7-15-17-8-6-12(2)9-14(4)16-10-13(3)11-17/h9-10,13H,2,5-8,11H2,1,3-4H3/b14-9-,16-10?. The van der Waals surface area contributed by atoms with Crippen LogP contribution in [0.3, 0.4) is 0 Å². The van der Waals surface area contributed by atoms with Crippen LogP contribution in [0.1, 0.15) is 33.6 Å². The van der Waals surface area contributed by atoms with Crippen LogP contribution in [-0.4, -0.2) is 31.5 Å². The van der Waals surface area contributed by atoms with Crippen molar-refractivity contribution >= 4 is 13.6 Å². The lowest BCUT2D eigenvalue weighted by Gasteiger charge is -2.24. The van der Waals surface area contributed by atoms with E-state index in [9.17, 15) is 0 Å². The lowest BCUT2D eigenvalue weighted by atomic mass is 9.83. The van der Waals surface area contributed by atoms with E-state index in [2.05, 4.69) is 49.9 Å². The molecule has 1 radical (unpaired) electrons. The number of allylic oxidation sites excluding steroid dienone is 2. The highest BCUT2D eigenvalue weighted by molar-refractivity contribution is 6.31. The van der Waals surface area contributed by atoms with E-state index in [1.165, 1.54) is 12.0 Å². The summed E-state index contributed by atoms with van der Waals surface area (Å²) in [6.07, 6.45) is 7.54.